The number of rotatable bonds is 11. The van der Waals surface area contributed by atoms with Crippen LogP contribution in [0.5, 0.6) is 0 Å². The van der Waals surface area contributed by atoms with Gasteiger partial charge in [0.05, 0.1) is 0 Å². The molecule has 0 bridgehead atoms. The van der Waals surface area contributed by atoms with E-state index in [1.807, 2.05) is 0 Å². The van der Waals surface area contributed by atoms with Crippen molar-refractivity contribution >= 4 is 11.6 Å². The van der Waals surface area contributed by atoms with Gasteiger partial charge in [0.1, 0.15) is 0 Å². The van der Waals surface area contributed by atoms with E-state index in [4.69, 9.17) is 0 Å². The predicted octanol–water partition coefficient (Wildman–Crippen LogP) is 6.03. The van der Waals surface area contributed by atoms with Gasteiger partial charge in [0, 0.05) is 12.1 Å². The Bertz CT molecular complexity index is 439. The molecule has 0 aliphatic rings. The number of anilines is 1. The fourth-order valence-electron chi connectivity index (χ4n) is 2.82. The number of hydrogen-bond donors (Lipinski definition) is 1. The standard InChI is InChI=1S/C20H33NO/c1-4-6-7-8-9-10-11-12-16-19(22)21-20-17(3)14-13-15-18(20)5-2/h13-15H,4-12,16H2,1-3H3,(H,21,22). The molecule has 1 N–H and O–H groups in total. The van der Waals surface area contributed by atoms with Gasteiger partial charge >= 0.3 is 0 Å². The van der Waals surface area contributed by atoms with Crippen LogP contribution in [0.25, 0.3) is 0 Å². The first-order valence-corrected chi connectivity index (χ1v) is 9.07. The molecule has 2 nitrogen and oxygen atoms in total. The first kappa shape index (κ1) is 18.7. The minimum absolute atomic E-state index is 0.162. The molecule has 1 aromatic rings. The van der Waals surface area contributed by atoms with Crippen molar-refractivity contribution in [1.82, 2.24) is 0 Å². The first-order valence-electron chi connectivity index (χ1n) is 9.07. The average Bonchev–Trinajstić information content (AvgIpc) is 2.52. The summed E-state index contributed by atoms with van der Waals surface area (Å²) in [6.45, 7) is 6.44. The maximum absolute atomic E-state index is 12.1. The van der Waals surface area contributed by atoms with Crippen molar-refractivity contribution in [1.29, 1.82) is 0 Å². The maximum Gasteiger partial charge on any atom is 0.224 e. The molecule has 0 radical (unpaired) electrons. The van der Waals surface area contributed by atoms with Crippen LogP contribution in [0.15, 0.2) is 18.2 Å². The zero-order valence-electron chi connectivity index (χ0n) is 14.7. The van der Waals surface area contributed by atoms with Gasteiger partial charge in [-0.1, -0.05) is 77.0 Å². The third-order valence-corrected chi connectivity index (χ3v) is 4.26. The molecule has 124 valence electrons. The highest BCUT2D eigenvalue weighted by atomic mass is 16.1. The van der Waals surface area contributed by atoms with Gasteiger partial charge < -0.3 is 5.32 Å². The molecule has 0 aromatic heterocycles. The number of para-hydroxylation sites is 1. The van der Waals surface area contributed by atoms with E-state index < -0.39 is 0 Å². The van der Waals surface area contributed by atoms with Gasteiger partial charge in [0.2, 0.25) is 5.91 Å². The lowest BCUT2D eigenvalue weighted by Crippen LogP contribution is -2.13. The molecule has 0 fully saturated rings. The summed E-state index contributed by atoms with van der Waals surface area (Å²) in [5, 5.41) is 3.11. The Kier molecular flexibility index (Phi) is 9.61. The topological polar surface area (TPSA) is 29.1 Å². The molecule has 22 heavy (non-hydrogen) atoms. The van der Waals surface area contributed by atoms with Crippen molar-refractivity contribution in [2.24, 2.45) is 0 Å². The average molecular weight is 303 g/mol. The molecule has 0 heterocycles. The quantitative estimate of drug-likeness (QED) is 0.497. The molecule has 0 saturated heterocycles. The number of benzene rings is 1. The molecule has 0 unspecified atom stereocenters. The van der Waals surface area contributed by atoms with Gasteiger partial charge in [0.25, 0.3) is 0 Å². The van der Waals surface area contributed by atoms with Crippen molar-refractivity contribution < 1.29 is 4.79 Å². The Morgan fingerprint density at radius 3 is 2.23 bits per heavy atom. The molecule has 1 rings (SSSR count). The van der Waals surface area contributed by atoms with E-state index in [1.54, 1.807) is 0 Å². The zero-order valence-corrected chi connectivity index (χ0v) is 14.7. The number of unbranched alkanes of at least 4 members (excludes halogenated alkanes) is 7. The lowest BCUT2D eigenvalue weighted by Gasteiger charge is -2.12. The van der Waals surface area contributed by atoms with Crippen molar-refractivity contribution in [2.75, 3.05) is 5.32 Å². The molecule has 0 aliphatic heterocycles. The molecule has 1 amide bonds. The van der Waals surface area contributed by atoms with Crippen LogP contribution in [0.1, 0.15) is 82.8 Å². The summed E-state index contributed by atoms with van der Waals surface area (Å²) in [7, 11) is 0. The third-order valence-electron chi connectivity index (χ3n) is 4.26. The minimum Gasteiger partial charge on any atom is -0.326 e. The van der Waals surface area contributed by atoms with E-state index in [0.29, 0.717) is 6.42 Å². The van der Waals surface area contributed by atoms with E-state index in [0.717, 1.165) is 24.1 Å². The summed E-state index contributed by atoms with van der Waals surface area (Å²) in [6.07, 6.45) is 11.7. The van der Waals surface area contributed by atoms with Crippen LogP contribution in [-0.2, 0) is 11.2 Å². The number of nitrogens with one attached hydrogen (secondary N) is 1. The SMILES string of the molecule is CCCCCCCCCCC(=O)Nc1c(C)cccc1CC. The van der Waals surface area contributed by atoms with E-state index in [9.17, 15) is 4.79 Å². The van der Waals surface area contributed by atoms with Gasteiger partial charge in [-0.15, -0.1) is 0 Å². The van der Waals surface area contributed by atoms with E-state index in [-0.39, 0.29) is 5.91 Å². The van der Waals surface area contributed by atoms with E-state index in [2.05, 4.69) is 44.3 Å². The second-order valence-corrected chi connectivity index (χ2v) is 6.24. The largest absolute Gasteiger partial charge is 0.326 e. The van der Waals surface area contributed by atoms with E-state index >= 15 is 0 Å². The van der Waals surface area contributed by atoms with Crippen LogP contribution in [-0.4, -0.2) is 5.91 Å². The Labute approximate surface area is 136 Å². The summed E-state index contributed by atoms with van der Waals surface area (Å²) < 4.78 is 0. The lowest BCUT2D eigenvalue weighted by atomic mass is 10.0. The monoisotopic (exact) mass is 303 g/mol. The smallest absolute Gasteiger partial charge is 0.224 e. The normalized spacial score (nSPS) is 10.7. The number of hydrogen-bond acceptors (Lipinski definition) is 1. The fourth-order valence-corrected chi connectivity index (χ4v) is 2.82. The summed E-state index contributed by atoms with van der Waals surface area (Å²) in [6, 6.07) is 6.21. The number of aryl methyl sites for hydroxylation is 2. The van der Waals surface area contributed by atoms with Crippen LogP contribution >= 0.6 is 0 Å². The van der Waals surface area contributed by atoms with E-state index in [1.165, 1.54) is 50.5 Å². The second-order valence-electron chi connectivity index (χ2n) is 6.24. The molecule has 1 aromatic carbocycles. The third kappa shape index (κ3) is 7.11. The highest BCUT2D eigenvalue weighted by Crippen LogP contribution is 2.21. The van der Waals surface area contributed by atoms with Crippen LogP contribution in [0.4, 0.5) is 5.69 Å². The zero-order chi connectivity index (χ0) is 16.2. The number of carbonyl (C=O) groups excluding carboxylic acids is 1. The Morgan fingerprint density at radius 1 is 0.955 bits per heavy atom. The van der Waals surface area contributed by atoms with Crippen molar-refractivity contribution in [2.45, 2.75) is 85.0 Å². The van der Waals surface area contributed by atoms with Crippen molar-refractivity contribution in [3.05, 3.63) is 29.3 Å². The Morgan fingerprint density at radius 2 is 1.59 bits per heavy atom. The Balaban J connectivity index is 2.21. The first-order chi connectivity index (χ1) is 10.7. The molecule has 0 saturated carbocycles. The van der Waals surface area contributed by atoms with Gasteiger partial charge in [-0.25, -0.2) is 0 Å². The van der Waals surface area contributed by atoms with Crippen LogP contribution in [0.2, 0.25) is 0 Å². The molecular formula is C20H33NO. The molecule has 0 atom stereocenters. The van der Waals surface area contributed by atoms with Gasteiger partial charge in [-0.2, -0.15) is 0 Å². The van der Waals surface area contributed by atoms with Gasteiger partial charge in [-0.05, 0) is 30.9 Å². The Hall–Kier alpha value is -1.31. The summed E-state index contributed by atoms with van der Waals surface area (Å²) in [4.78, 5) is 12.1. The molecular weight excluding hydrogens is 270 g/mol. The highest BCUT2D eigenvalue weighted by Gasteiger charge is 2.08. The van der Waals surface area contributed by atoms with Crippen LogP contribution < -0.4 is 5.32 Å². The van der Waals surface area contributed by atoms with Gasteiger partial charge in [0.15, 0.2) is 0 Å². The summed E-state index contributed by atoms with van der Waals surface area (Å²) in [5.41, 5.74) is 3.41. The summed E-state index contributed by atoms with van der Waals surface area (Å²) in [5.74, 6) is 0.162. The lowest BCUT2D eigenvalue weighted by molar-refractivity contribution is -0.116. The highest BCUT2D eigenvalue weighted by molar-refractivity contribution is 5.92. The molecule has 0 aliphatic carbocycles. The van der Waals surface area contributed by atoms with Gasteiger partial charge in [-0.3, -0.25) is 4.79 Å². The number of amides is 1. The van der Waals surface area contributed by atoms with Crippen LogP contribution in [0, 0.1) is 6.92 Å². The summed E-state index contributed by atoms with van der Waals surface area (Å²) >= 11 is 0. The van der Waals surface area contributed by atoms with Crippen LogP contribution in [0.3, 0.4) is 0 Å². The van der Waals surface area contributed by atoms with Crippen molar-refractivity contribution in [3.63, 3.8) is 0 Å². The molecule has 0 spiro atoms. The fraction of sp³-hybridized carbons (Fsp3) is 0.650. The molecule has 2 heteroatoms. The minimum atomic E-state index is 0.162. The number of carbonyl (C=O) groups is 1. The van der Waals surface area contributed by atoms with Crippen molar-refractivity contribution in [3.8, 4) is 0 Å². The second kappa shape index (κ2) is 11.3. The maximum atomic E-state index is 12.1. The predicted molar refractivity (Wildman–Crippen MR) is 96.4 cm³/mol.